The maximum absolute atomic E-state index is 10.8. The highest BCUT2D eigenvalue weighted by Gasteiger charge is 2.00. The van der Waals surface area contributed by atoms with Crippen LogP contribution in [0.1, 0.15) is 17.5 Å². The lowest BCUT2D eigenvalue weighted by atomic mass is 10.1. The number of carbonyl (C=O) groups excluding carboxylic acids is 1. The first-order valence-corrected chi connectivity index (χ1v) is 6.01. The molecule has 3 nitrogen and oxygen atoms in total. The van der Waals surface area contributed by atoms with Gasteiger partial charge < -0.3 is 0 Å². The summed E-state index contributed by atoms with van der Waals surface area (Å²) in [6.07, 6.45) is 0.479. The van der Waals surface area contributed by atoms with Crippen LogP contribution in [-0.4, -0.2) is 11.7 Å². The van der Waals surface area contributed by atoms with Crippen molar-refractivity contribution in [2.24, 2.45) is 5.84 Å². The highest BCUT2D eigenvalue weighted by Crippen LogP contribution is 2.16. The van der Waals surface area contributed by atoms with Crippen molar-refractivity contribution >= 4 is 17.7 Å². The molecule has 15 heavy (non-hydrogen) atoms. The lowest BCUT2D eigenvalue weighted by Crippen LogP contribution is -2.30. The van der Waals surface area contributed by atoms with E-state index in [9.17, 15) is 4.79 Å². The van der Waals surface area contributed by atoms with Gasteiger partial charge in [0.05, 0.1) is 0 Å². The first-order chi connectivity index (χ1) is 7.24. The monoisotopic (exact) mass is 224 g/mol. The quantitative estimate of drug-likeness (QED) is 0.346. The van der Waals surface area contributed by atoms with E-state index in [1.165, 1.54) is 11.1 Å². The molecule has 1 aromatic carbocycles. The summed E-state index contributed by atoms with van der Waals surface area (Å²) in [7, 11) is 0. The van der Waals surface area contributed by atoms with Gasteiger partial charge in [0.2, 0.25) is 5.91 Å². The minimum Gasteiger partial charge on any atom is -0.294 e. The molecule has 82 valence electrons. The number of nitrogens with one attached hydrogen (secondary N) is 1. The van der Waals surface area contributed by atoms with Gasteiger partial charge in [0, 0.05) is 17.9 Å². The lowest BCUT2D eigenvalue weighted by molar-refractivity contribution is -0.120. The van der Waals surface area contributed by atoms with E-state index in [1.807, 2.05) is 12.1 Å². The normalized spacial score (nSPS) is 10.0. The van der Waals surface area contributed by atoms with Gasteiger partial charge >= 0.3 is 0 Å². The predicted molar refractivity (Wildman–Crippen MR) is 64.3 cm³/mol. The van der Waals surface area contributed by atoms with Gasteiger partial charge in [-0.2, -0.15) is 11.8 Å². The number of hydrogen-bond donors (Lipinski definition) is 2. The van der Waals surface area contributed by atoms with Crippen LogP contribution in [0.4, 0.5) is 0 Å². The second-order valence-corrected chi connectivity index (χ2v) is 4.40. The van der Waals surface area contributed by atoms with E-state index in [1.54, 1.807) is 11.8 Å². The molecule has 4 heteroatoms. The third-order valence-corrected chi connectivity index (χ3v) is 3.16. The molecule has 0 aromatic heterocycles. The fraction of sp³-hybridized carbons (Fsp3) is 0.364. The van der Waals surface area contributed by atoms with E-state index in [0.29, 0.717) is 6.42 Å². The number of benzene rings is 1. The van der Waals surface area contributed by atoms with Gasteiger partial charge in [0.15, 0.2) is 0 Å². The van der Waals surface area contributed by atoms with E-state index in [0.717, 1.165) is 11.5 Å². The fourth-order valence-corrected chi connectivity index (χ4v) is 2.21. The van der Waals surface area contributed by atoms with Crippen LogP contribution in [0.5, 0.6) is 0 Å². The summed E-state index contributed by atoms with van der Waals surface area (Å²) in [6, 6.07) is 8.29. The molecule has 0 aliphatic carbocycles. The molecular formula is C11H16N2OS. The number of nitrogens with two attached hydrogens (primary N) is 1. The molecule has 3 N–H and O–H groups in total. The SMILES string of the molecule is Cc1ccccc1CSCCC(=O)NN. The van der Waals surface area contributed by atoms with Crippen LogP contribution in [0, 0.1) is 6.92 Å². The van der Waals surface area contributed by atoms with Crippen molar-refractivity contribution in [2.45, 2.75) is 19.1 Å². The zero-order chi connectivity index (χ0) is 11.1. The molecule has 0 fully saturated rings. The Morgan fingerprint density at radius 2 is 2.20 bits per heavy atom. The molecule has 0 aliphatic rings. The van der Waals surface area contributed by atoms with Crippen LogP contribution in [0.15, 0.2) is 24.3 Å². The molecule has 0 aliphatic heterocycles. The number of aryl methyl sites for hydroxylation is 1. The highest BCUT2D eigenvalue weighted by molar-refractivity contribution is 7.98. The van der Waals surface area contributed by atoms with E-state index < -0.39 is 0 Å². The number of hydrogen-bond acceptors (Lipinski definition) is 3. The summed E-state index contributed by atoms with van der Waals surface area (Å²) in [4.78, 5) is 10.8. The van der Waals surface area contributed by atoms with Crippen LogP contribution in [0.3, 0.4) is 0 Å². The fourth-order valence-electron chi connectivity index (χ4n) is 1.19. The van der Waals surface area contributed by atoms with E-state index in [2.05, 4.69) is 24.5 Å². The summed E-state index contributed by atoms with van der Waals surface area (Å²) in [5.74, 6) is 6.63. The van der Waals surface area contributed by atoms with Crippen LogP contribution in [0.2, 0.25) is 0 Å². The molecule has 0 heterocycles. The number of carbonyl (C=O) groups is 1. The average Bonchev–Trinajstić information content (AvgIpc) is 2.26. The lowest BCUT2D eigenvalue weighted by Gasteiger charge is -2.04. The topological polar surface area (TPSA) is 55.1 Å². The number of amides is 1. The molecule has 0 unspecified atom stereocenters. The Labute approximate surface area is 94.4 Å². The van der Waals surface area contributed by atoms with E-state index in [4.69, 9.17) is 5.84 Å². The summed E-state index contributed by atoms with van der Waals surface area (Å²) in [6.45, 7) is 2.10. The average molecular weight is 224 g/mol. The van der Waals surface area contributed by atoms with Gasteiger partial charge in [0.1, 0.15) is 0 Å². The van der Waals surface area contributed by atoms with Gasteiger partial charge in [-0.25, -0.2) is 5.84 Å². The zero-order valence-corrected chi connectivity index (χ0v) is 9.64. The maximum atomic E-state index is 10.8. The third kappa shape index (κ3) is 4.36. The van der Waals surface area contributed by atoms with Gasteiger partial charge in [-0.3, -0.25) is 10.2 Å². The smallest absolute Gasteiger partial charge is 0.234 e. The van der Waals surface area contributed by atoms with E-state index in [-0.39, 0.29) is 5.91 Å². The summed E-state index contributed by atoms with van der Waals surface area (Å²) in [5.41, 5.74) is 4.75. The molecule has 0 radical (unpaired) electrons. The van der Waals surface area contributed by atoms with Crippen molar-refractivity contribution in [2.75, 3.05) is 5.75 Å². The van der Waals surface area contributed by atoms with Crippen molar-refractivity contribution in [3.8, 4) is 0 Å². The Balaban J connectivity index is 2.26. The molecule has 0 spiro atoms. The molecule has 0 saturated heterocycles. The first kappa shape index (κ1) is 12.1. The highest BCUT2D eigenvalue weighted by atomic mass is 32.2. The molecule has 0 saturated carbocycles. The van der Waals surface area contributed by atoms with E-state index >= 15 is 0 Å². The zero-order valence-electron chi connectivity index (χ0n) is 8.82. The minimum atomic E-state index is -0.104. The largest absolute Gasteiger partial charge is 0.294 e. The molecule has 1 amide bonds. The summed E-state index contributed by atoms with van der Waals surface area (Å²) >= 11 is 1.75. The molecule has 1 aromatic rings. The van der Waals surface area contributed by atoms with Crippen LogP contribution in [-0.2, 0) is 10.5 Å². The molecule has 0 bridgehead atoms. The van der Waals surface area contributed by atoms with Gasteiger partial charge in [-0.1, -0.05) is 24.3 Å². The van der Waals surface area contributed by atoms with Crippen LogP contribution < -0.4 is 11.3 Å². The number of thioether (sulfide) groups is 1. The second-order valence-electron chi connectivity index (χ2n) is 3.30. The number of hydrazine groups is 1. The minimum absolute atomic E-state index is 0.104. The summed E-state index contributed by atoms with van der Waals surface area (Å²) < 4.78 is 0. The molecule has 1 rings (SSSR count). The Morgan fingerprint density at radius 3 is 2.87 bits per heavy atom. The summed E-state index contributed by atoms with van der Waals surface area (Å²) in [5, 5.41) is 0. The van der Waals surface area contributed by atoms with Crippen molar-refractivity contribution in [3.05, 3.63) is 35.4 Å². The Bertz CT molecular complexity index is 328. The standard InChI is InChI=1S/C11H16N2OS/c1-9-4-2-3-5-10(9)8-15-7-6-11(14)13-12/h2-5H,6-8,12H2,1H3,(H,13,14). The first-order valence-electron chi connectivity index (χ1n) is 4.85. The van der Waals surface area contributed by atoms with Gasteiger partial charge in [-0.05, 0) is 18.1 Å². The van der Waals surface area contributed by atoms with Crippen LogP contribution in [0.25, 0.3) is 0 Å². The van der Waals surface area contributed by atoms with Crippen molar-refractivity contribution < 1.29 is 4.79 Å². The van der Waals surface area contributed by atoms with Crippen molar-refractivity contribution in [1.29, 1.82) is 0 Å². The van der Waals surface area contributed by atoms with Gasteiger partial charge in [0.25, 0.3) is 0 Å². The van der Waals surface area contributed by atoms with Crippen molar-refractivity contribution in [3.63, 3.8) is 0 Å². The maximum Gasteiger partial charge on any atom is 0.234 e. The second kappa shape index (κ2) is 6.48. The Kier molecular flexibility index (Phi) is 5.21. The number of rotatable bonds is 5. The third-order valence-electron chi connectivity index (χ3n) is 2.15. The molecule has 0 atom stereocenters. The predicted octanol–water partition coefficient (Wildman–Crippen LogP) is 1.61. The van der Waals surface area contributed by atoms with Crippen molar-refractivity contribution in [1.82, 2.24) is 5.43 Å². The Hall–Kier alpha value is -1.00. The Morgan fingerprint density at radius 1 is 1.47 bits per heavy atom. The van der Waals surface area contributed by atoms with Crippen LogP contribution >= 0.6 is 11.8 Å². The van der Waals surface area contributed by atoms with Gasteiger partial charge in [-0.15, -0.1) is 0 Å². The molecular weight excluding hydrogens is 208 g/mol.